The third kappa shape index (κ3) is 5.15. The van der Waals surface area contributed by atoms with Gasteiger partial charge < -0.3 is 9.47 Å². The monoisotopic (exact) mass is 342 g/mol. The molecule has 0 aliphatic rings. The molecule has 0 saturated heterocycles. The lowest BCUT2D eigenvalue weighted by Crippen LogP contribution is -1.96. The van der Waals surface area contributed by atoms with E-state index in [4.69, 9.17) is 9.47 Å². The van der Waals surface area contributed by atoms with Crippen LogP contribution in [0.5, 0.6) is 17.2 Å². The normalized spacial score (nSPS) is 9.96. The minimum absolute atomic E-state index is 0.789. The van der Waals surface area contributed by atoms with Crippen LogP contribution in [-0.4, -0.2) is 18.6 Å². The van der Waals surface area contributed by atoms with Crippen LogP contribution in [0.3, 0.4) is 0 Å². The minimum Gasteiger partial charge on any atom is -0.497 e. The van der Waals surface area contributed by atoms with Crippen LogP contribution in [0.25, 0.3) is 10.9 Å². The van der Waals surface area contributed by atoms with Crippen LogP contribution < -0.4 is 14.2 Å². The van der Waals surface area contributed by atoms with Gasteiger partial charge in [-0.1, -0.05) is 37.9 Å². The lowest BCUT2D eigenvalue weighted by atomic mass is 10.2. The largest absolute Gasteiger partial charge is 0.497 e. The van der Waals surface area contributed by atoms with Crippen LogP contribution in [0.15, 0.2) is 60.8 Å². The molecule has 0 radical (unpaired) electrons. The molecular weight excluding hydrogens is 320 g/mol. The highest BCUT2D eigenvalue weighted by atomic mass is 32.1. The molecule has 3 aromatic rings. The molecule has 0 aliphatic heterocycles. The molecule has 126 valence electrons. The molecule has 24 heavy (non-hydrogen) atoms. The van der Waals surface area contributed by atoms with Crippen LogP contribution >= 0.6 is 12.8 Å². The van der Waals surface area contributed by atoms with E-state index in [0.717, 1.165) is 41.1 Å². The first-order chi connectivity index (χ1) is 11.8. The minimum atomic E-state index is 0.789. The topological polar surface area (TPSA) is 43.4 Å². The van der Waals surface area contributed by atoms with Crippen molar-refractivity contribution in [2.24, 2.45) is 0 Å². The van der Waals surface area contributed by atoms with Gasteiger partial charge in [-0.3, -0.25) is 9.71 Å². The van der Waals surface area contributed by atoms with Gasteiger partial charge in [0.05, 0.1) is 12.6 Å². The molecule has 0 saturated carbocycles. The fraction of sp³-hybridized carbons (Fsp3) is 0.211. The van der Waals surface area contributed by atoms with Gasteiger partial charge in [-0.05, 0) is 36.8 Å². The first kappa shape index (κ1) is 18.1. The maximum Gasteiger partial charge on any atom is 0.138 e. The number of rotatable bonds is 5. The van der Waals surface area contributed by atoms with E-state index in [-0.39, 0.29) is 0 Å². The summed E-state index contributed by atoms with van der Waals surface area (Å²) in [5.41, 5.74) is 0.854. The van der Waals surface area contributed by atoms with Gasteiger partial charge in [0.15, 0.2) is 0 Å². The summed E-state index contributed by atoms with van der Waals surface area (Å²) < 4.78 is 13.8. The summed E-state index contributed by atoms with van der Waals surface area (Å²) in [4.78, 5) is 4.33. The van der Waals surface area contributed by atoms with E-state index in [1.807, 2.05) is 54.6 Å². The van der Waals surface area contributed by atoms with Gasteiger partial charge in [-0.25, -0.2) is 0 Å². The average Bonchev–Trinajstić information content (AvgIpc) is 2.63. The number of fused-ring (bicyclic) bond motifs is 1. The van der Waals surface area contributed by atoms with Crippen molar-refractivity contribution in [2.45, 2.75) is 13.3 Å². The fourth-order valence-corrected chi connectivity index (χ4v) is 2.27. The Kier molecular flexibility index (Phi) is 7.39. The van der Waals surface area contributed by atoms with Crippen molar-refractivity contribution in [2.75, 3.05) is 13.7 Å². The first-order valence-corrected chi connectivity index (χ1v) is 8.25. The lowest BCUT2D eigenvalue weighted by molar-refractivity contribution is 0.415. The van der Waals surface area contributed by atoms with Crippen LogP contribution in [0.4, 0.5) is 0 Å². The summed E-state index contributed by atoms with van der Waals surface area (Å²) in [5, 5.41) is 0.965. The SMILES string of the molecule is CCCNS.COc1ccc2c(Oc3ccccc3)ccnc2c1. The lowest BCUT2D eigenvalue weighted by Gasteiger charge is -2.09. The number of nitrogens with one attached hydrogen (secondary N) is 1. The van der Waals surface area contributed by atoms with Crippen molar-refractivity contribution in [3.63, 3.8) is 0 Å². The van der Waals surface area contributed by atoms with E-state index in [1.54, 1.807) is 13.3 Å². The highest BCUT2D eigenvalue weighted by Gasteiger charge is 2.05. The number of pyridine rings is 1. The summed E-state index contributed by atoms with van der Waals surface area (Å²) in [6, 6.07) is 17.3. The number of thiol groups is 1. The van der Waals surface area contributed by atoms with Crippen molar-refractivity contribution >= 4 is 23.7 Å². The second kappa shape index (κ2) is 9.80. The Morgan fingerprint density at radius 1 is 1.04 bits per heavy atom. The molecule has 4 nitrogen and oxygen atoms in total. The quantitative estimate of drug-likeness (QED) is 0.650. The highest BCUT2D eigenvalue weighted by Crippen LogP contribution is 2.30. The summed E-state index contributed by atoms with van der Waals surface area (Å²) in [6.45, 7) is 3.10. The van der Waals surface area contributed by atoms with Gasteiger partial charge in [-0.15, -0.1) is 0 Å². The van der Waals surface area contributed by atoms with Gasteiger partial charge in [-0.2, -0.15) is 0 Å². The van der Waals surface area contributed by atoms with E-state index < -0.39 is 0 Å². The standard InChI is InChI=1S/C16H13NO2.C3H9NS/c1-18-13-7-8-14-15(11-13)17-10-9-16(14)19-12-5-3-2-4-6-12;1-2-3-4-5/h2-11H,1H3;4-5H,2-3H2,1H3. The molecule has 1 N–H and O–H groups in total. The van der Waals surface area contributed by atoms with Gasteiger partial charge in [0, 0.05) is 24.2 Å². The van der Waals surface area contributed by atoms with Gasteiger partial charge in [0.1, 0.15) is 17.2 Å². The summed E-state index contributed by atoms with van der Waals surface area (Å²) >= 11 is 3.75. The highest BCUT2D eigenvalue weighted by molar-refractivity contribution is 7.78. The van der Waals surface area contributed by atoms with Gasteiger partial charge in [0.25, 0.3) is 0 Å². The molecule has 0 bridgehead atoms. The third-order valence-electron chi connectivity index (χ3n) is 3.24. The second-order valence-electron chi connectivity index (χ2n) is 5.02. The van der Waals surface area contributed by atoms with Crippen molar-refractivity contribution in [3.05, 3.63) is 60.8 Å². The van der Waals surface area contributed by atoms with E-state index in [0.29, 0.717) is 0 Å². The predicted molar refractivity (Wildman–Crippen MR) is 102 cm³/mol. The Morgan fingerprint density at radius 2 is 1.83 bits per heavy atom. The number of methoxy groups -OCH3 is 1. The Hall–Kier alpha value is -2.24. The molecular formula is C19H22N2O2S. The molecule has 3 rings (SSSR count). The summed E-state index contributed by atoms with van der Waals surface area (Å²) in [5.74, 6) is 2.39. The van der Waals surface area contributed by atoms with Crippen LogP contribution in [-0.2, 0) is 0 Å². The van der Waals surface area contributed by atoms with Crippen molar-refractivity contribution in [1.29, 1.82) is 0 Å². The number of hydrogen-bond donors (Lipinski definition) is 2. The zero-order valence-electron chi connectivity index (χ0n) is 13.9. The molecule has 2 aromatic carbocycles. The third-order valence-corrected chi connectivity index (χ3v) is 3.47. The zero-order chi connectivity index (χ0) is 17.2. The number of hydrogen-bond acceptors (Lipinski definition) is 5. The summed E-state index contributed by atoms with van der Waals surface area (Å²) in [7, 11) is 1.64. The van der Waals surface area contributed by atoms with E-state index in [1.165, 1.54) is 0 Å². The fourth-order valence-electron chi connectivity index (χ4n) is 2.04. The van der Waals surface area contributed by atoms with Crippen LogP contribution in [0.1, 0.15) is 13.3 Å². The maximum atomic E-state index is 5.88. The molecule has 1 heterocycles. The van der Waals surface area contributed by atoms with Crippen molar-refractivity contribution in [3.8, 4) is 17.2 Å². The Labute approximate surface area is 148 Å². The summed E-state index contributed by atoms with van der Waals surface area (Å²) in [6.07, 6.45) is 2.89. The Morgan fingerprint density at radius 3 is 2.46 bits per heavy atom. The van der Waals surface area contributed by atoms with E-state index in [9.17, 15) is 0 Å². The molecule has 0 fully saturated rings. The number of aromatic nitrogens is 1. The molecule has 0 spiro atoms. The number of benzene rings is 2. The van der Waals surface area contributed by atoms with Crippen LogP contribution in [0.2, 0.25) is 0 Å². The molecule has 0 amide bonds. The first-order valence-electron chi connectivity index (χ1n) is 7.81. The molecule has 0 unspecified atom stereocenters. The van der Waals surface area contributed by atoms with Crippen molar-refractivity contribution < 1.29 is 9.47 Å². The average molecular weight is 342 g/mol. The molecule has 0 aliphatic carbocycles. The molecule has 1 aromatic heterocycles. The zero-order valence-corrected chi connectivity index (χ0v) is 14.8. The predicted octanol–water partition coefficient (Wildman–Crippen LogP) is 4.87. The molecule has 5 heteroatoms. The second-order valence-corrected chi connectivity index (χ2v) is 5.33. The number of ether oxygens (including phenoxy) is 2. The number of para-hydroxylation sites is 1. The van der Waals surface area contributed by atoms with Crippen LogP contribution in [0, 0.1) is 0 Å². The molecule has 0 atom stereocenters. The Bertz CT molecular complexity index is 749. The van der Waals surface area contributed by atoms with Crippen molar-refractivity contribution in [1.82, 2.24) is 9.71 Å². The number of nitrogens with zero attached hydrogens (tertiary/aromatic N) is 1. The van der Waals surface area contributed by atoms with Gasteiger partial charge >= 0.3 is 0 Å². The Balaban J connectivity index is 0.000000368. The van der Waals surface area contributed by atoms with E-state index in [2.05, 4.69) is 29.4 Å². The van der Waals surface area contributed by atoms with Gasteiger partial charge in [0.2, 0.25) is 0 Å². The van der Waals surface area contributed by atoms with E-state index >= 15 is 0 Å². The maximum absolute atomic E-state index is 5.88. The smallest absolute Gasteiger partial charge is 0.138 e.